The zero-order valence-corrected chi connectivity index (χ0v) is 13.5. The number of esters is 1. The Labute approximate surface area is 128 Å². The highest BCUT2D eigenvalue weighted by atomic mass is 32.2. The summed E-state index contributed by atoms with van der Waals surface area (Å²) in [6.07, 6.45) is -0.0966. The van der Waals surface area contributed by atoms with Crippen molar-refractivity contribution < 1.29 is 9.53 Å². The predicted molar refractivity (Wildman–Crippen MR) is 83.1 cm³/mol. The van der Waals surface area contributed by atoms with Gasteiger partial charge in [-0.2, -0.15) is 0 Å². The number of thioether (sulfide) groups is 1. The molecule has 0 radical (unpaired) electrons. The Morgan fingerprint density at radius 1 is 1.29 bits per heavy atom. The van der Waals surface area contributed by atoms with Crippen LogP contribution in [0.1, 0.15) is 19.4 Å². The van der Waals surface area contributed by atoms with Crippen LogP contribution in [0.25, 0.3) is 11.4 Å². The summed E-state index contributed by atoms with van der Waals surface area (Å²) in [6.45, 7) is 5.71. The molecule has 0 aliphatic rings. The van der Waals surface area contributed by atoms with Gasteiger partial charge in [0.05, 0.1) is 11.9 Å². The highest BCUT2D eigenvalue weighted by Crippen LogP contribution is 2.23. The fourth-order valence-electron chi connectivity index (χ4n) is 1.81. The van der Waals surface area contributed by atoms with Gasteiger partial charge >= 0.3 is 5.97 Å². The second-order valence-corrected chi connectivity index (χ2v) is 6.00. The molecule has 0 fully saturated rings. The Morgan fingerprint density at radius 2 is 1.95 bits per heavy atom. The summed E-state index contributed by atoms with van der Waals surface area (Å²) in [6, 6.07) is 8.11. The molecular formula is C15H19N3O2S. The maximum Gasteiger partial charge on any atom is 0.316 e. The van der Waals surface area contributed by atoms with Crippen LogP contribution >= 0.6 is 11.8 Å². The van der Waals surface area contributed by atoms with Gasteiger partial charge in [-0.05, 0) is 20.8 Å². The van der Waals surface area contributed by atoms with Gasteiger partial charge < -0.3 is 9.30 Å². The van der Waals surface area contributed by atoms with E-state index in [4.69, 9.17) is 4.74 Å². The van der Waals surface area contributed by atoms with E-state index in [1.54, 1.807) is 0 Å². The molecule has 6 heteroatoms. The fourth-order valence-corrected chi connectivity index (χ4v) is 2.51. The molecule has 112 valence electrons. The Balaban J connectivity index is 2.07. The lowest BCUT2D eigenvalue weighted by molar-refractivity contribution is -0.144. The molecule has 5 nitrogen and oxygen atoms in total. The van der Waals surface area contributed by atoms with Gasteiger partial charge in [-0.25, -0.2) is 0 Å². The third-order valence-corrected chi connectivity index (χ3v) is 3.82. The van der Waals surface area contributed by atoms with Crippen molar-refractivity contribution in [3.63, 3.8) is 0 Å². The molecule has 0 N–H and O–H groups in total. The minimum atomic E-state index is -0.241. The summed E-state index contributed by atoms with van der Waals surface area (Å²) in [7, 11) is 1.89. The van der Waals surface area contributed by atoms with Crippen molar-refractivity contribution in [3.05, 3.63) is 29.8 Å². The van der Waals surface area contributed by atoms with E-state index in [2.05, 4.69) is 10.2 Å². The van der Waals surface area contributed by atoms with Crippen LogP contribution in [-0.4, -0.2) is 32.6 Å². The standard InChI is InChI=1S/C15H19N3O2S/c1-10(2)20-13(19)9-21-15-17-16-14(18(15)4)12-7-5-11(3)6-8-12/h5-8,10H,9H2,1-4H3. The first-order valence-corrected chi connectivity index (χ1v) is 7.74. The van der Waals surface area contributed by atoms with Crippen LogP contribution in [0.4, 0.5) is 0 Å². The van der Waals surface area contributed by atoms with Gasteiger partial charge in [0.25, 0.3) is 0 Å². The third kappa shape index (κ3) is 4.07. The molecular weight excluding hydrogens is 286 g/mol. The molecule has 0 spiro atoms. The van der Waals surface area contributed by atoms with E-state index in [1.165, 1.54) is 17.3 Å². The minimum Gasteiger partial charge on any atom is -0.462 e. The molecule has 1 aromatic heterocycles. The number of hydrogen-bond donors (Lipinski definition) is 0. The quantitative estimate of drug-likeness (QED) is 0.628. The number of benzene rings is 1. The molecule has 0 atom stereocenters. The van der Waals surface area contributed by atoms with E-state index in [-0.39, 0.29) is 17.8 Å². The Morgan fingerprint density at radius 3 is 2.57 bits per heavy atom. The number of aryl methyl sites for hydroxylation is 1. The third-order valence-electron chi connectivity index (χ3n) is 2.83. The molecule has 2 aromatic rings. The first kappa shape index (κ1) is 15.6. The van der Waals surface area contributed by atoms with Crippen molar-refractivity contribution in [2.75, 3.05) is 5.75 Å². The number of carbonyl (C=O) groups is 1. The van der Waals surface area contributed by atoms with E-state index >= 15 is 0 Å². The van der Waals surface area contributed by atoms with Gasteiger partial charge in [-0.15, -0.1) is 10.2 Å². The van der Waals surface area contributed by atoms with Gasteiger partial charge in [0.1, 0.15) is 0 Å². The van der Waals surface area contributed by atoms with E-state index in [1.807, 2.05) is 56.7 Å². The smallest absolute Gasteiger partial charge is 0.316 e. The van der Waals surface area contributed by atoms with Gasteiger partial charge in [-0.1, -0.05) is 41.6 Å². The first-order chi connectivity index (χ1) is 9.97. The van der Waals surface area contributed by atoms with Gasteiger partial charge in [0.15, 0.2) is 11.0 Å². The molecule has 0 unspecified atom stereocenters. The minimum absolute atomic E-state index is 0.0966. The zero-order chi connectivity index (χ0) is 15.4. The number of nitrogens with zero attached hydrogens (tertiary/aromatic N) is 3. The average molecular weight is 305 g/mol. The molecule has 2 rings (SSSR count). The normalized spacial score (nSPS) is 10.9. The summed E-state index contributed by atoms with van der Waals surface area (Å²) in [5, 5.41) is 9.03. The first-order valence-electron chi connectivity index (χ1n) is 6.76. The monoisotopic (exact) mass is 305 g/mol. The second kappa shape index (κ2) is 6.76. The number of aromatic nitrogens is 3. The van der Waals surface area contributed by atoms with Crippen molar-refractivity contribution in [1.29, 1.82) is 0 Å². The van der Waals surface area contributed by atoms with Crippen LogP contribution in [0, 0.1) is 6.92 Å². The van der Waals surface area contributed by atoms with Crippen LogP contribution in [0.15, 0.2) is 29.4 Å². The van der Waals surface area contributed by atoms with E-state index in [0.717, 1.165) is 11.4 Å². The van der Waals surface area contributed by atoms with Crippen molar-refractivity contribution >= 4 is 17.7 Å². The summed E-state index contributed by atoms with van der Waals surface area (Å²) >= 11 is 1.33. The van der Waals surface area contributed by atoms with E-state index in [9.17, 15) is 4.79 Å². The van der Waals surface area contributed by atoms with Crippen LogP contribution in [0.5, 0.6) is 0 Å². The molecule has 0 aliphatic carbocycles. The lowest BCUT2D eigenvalue weighted by Crippen LogP contribution is -2.13. The van der Waals surface area contributed by atoms with E-state index in [0.29, 0.717) is 5.16 Å². The van der Waals surface area contributed by atoms with Crippen molar-refractivity contribution in [1.82, 2.24) is 14.8 Å². The lowest BCUT2D eigenvalue weighted by Gasteiger charge is -2.07. The number of carbonyl (C=O) groups excluding carboxylic acids is 1. The number of hydrogen-bond acceptors (Lipinski definition) is 5. The Bertz CT molecular complexity index is 620. The molecule has 1 heterocycles. The zero-order valence-electron chi connectivity index (χ0n) is 12.7. The highest BCUT2D eigenvalue weighted by Gasteiger charge is 2.13. The van der Waals surface area contributed by atoms with Gasteiger partial charge in [-0.3, -0.25) is 4.79 Å². The van der Waals surface area contributed by atoms with Crippen LogP contribution < -0.4 is 0 Å². The van der Waals surface area contributed by atoms with Crippen LogP contribution in [0.3, 0.4) is 0 Å². The molecule has 1 aromatic carbocycles. The van der Waals surface area contributed by atoms with Gasteiger partial charge in [0, 0.05) is 12.6 Å². The van der Waals surface area contributed by atoms with Gasteiger partial charge in [0.2, 0.25) is 0 Å². The summed E-state index contributed by atoms with van der Waals surface area (Å²) in [5.74, 6) is 0.780. The summed E-state index contributed by atoms with van der Waals surface area (Å²) in [4.78, 5) is 11.6. The summed E-state index contributed by atoms with van der Waals surface area (Å²) in [5.41, 5.74) is 2.21. The maximum absolute atomic E-state index is 11.6. The summed E-state index contributed by atoms with van der Waals surface area (Å²) < 4.78 is 6.99. The molecule has 0 saturated carbocycles. The topological polar surface area (TPSA) is 57.0 Å². The highest BCUT2D eigenvalue weighted by molar-refractivity contribution is 7.99. The fraction of sp³-hybridized carbons (Fsp3) is 0.400. The Kier molecular flexibility index (Phi) is 5.01. The Hall–Kier alpha value is -1.82. The SMILES string of the molecule is Cc1ccc(-c2nnc(SCC(=O)OC(C)C)n2C)cc1. The van der Waals surface area contributed by atoms with Crippen molar-refractivity contribution in [2.24, 2.45) is 7.05 Å². The average Bonchev–Trinajstić information content (AvgIpc) is 2.78. The number of rotatable bonds is 5. The lowest BCUT2D eigenvalue weighted by atomic mass is 10.1. The van der Waals surface area contributed by atoms with Crippen molar-refractivity contribution in [2.45, 2.75) is 32.0 Å². The maximum atomic E-state index is 11.6. The van der Waals surface area contributed by atoms with E-state index < -0.39 is 0 Å². The molecule has 21 heavy (non-hydrogen) atoms. The van der Waals surface area contributed by atoms with Crippen LogP contribution in [0.2, 0.25) is 0 Å². The molecule has 0 saturated heterocycles. The number of ether oxygens (including phenoxy) is 1. The molecule has 0 aliphatic heterocycles. The molecule has 0 bridgehead atoms. The largest absolute Gasteiger partial charge is 0.462 e. The molecule has 0 amide bonds. The second-order valence-electron chi connectivity index (χ2n) is 5.06. The van der Waals surface area contributed by atoms with Crippen molar-refractivity contribution in [3.8, 4) is 11.4 Å². The predicted octanol–water partition coefficient (Wildman–Crippen LogP) is 2.83. The van der Waals surface area contributed by atoms with Crippen LogP contribution in [-0.2, 0) is 16.6 Å².